The number of methoxy groups -OCH3 is 1. The number of halogens is 1. The number of aromatic nitrogens is 3. The van der Waals surface area contributed by atoms with Crippen LogP contribution in [0.3, 0.4) is 0 Å². The van der Waals surface area contributed by atoms with Gasteiger partial charge in [-0.3, -0.25) is 9.78 Å². The average Bonchev–Trinajstić information content (AvgIpc) is 3.10. The van der Waals surface area contributed by atoms with E-state index in [1.54, 1.807) is 54.5 Å². The molecule has 0 saturated heterocycles. The van der Waals surface area contributed by atoms with Crippen LogP contribution in [0.25, 0.3) is 5.69 Å². The summed E-state index contributed by atoms with van der Waals surface area (Å²) in [4.78, 5) is 16.9. The number of aryl methyl sites for hydroxylation is 1. The lowest BCUT2D eigenvalue weighted by molar-refractivity contribution is 0.102. The van der Waals surface area contributed by atoms with Crippen molar-refractivity contribution >= 4 is 23.2 Å². The first kappa shape index (κ1) is 22.4. The fraction of sp³-hybridized carbons (Fsp3) is 0.160. The molecule has 0 spiro atoms. The highest BCUT2D eigenvalue weighted by Crippen LogP contribution is 2.31. The van der Waals surface area contributed by atoms with Crippen LogP contribution in [0, 0.1) is 13.8 Å². The predicted octanol–water partition coefficient (Wildman–Crippen LogP) is 5.38. The monoisotopic (exact) mass is 462 g/mol. The summed E-state index contributed by atoms with van der Waals surface area (Å²) in [6, 6.07) is 16.2. The van der Waals surface area contributed by atoms with E-state index < -0.39 is 0 Å². The van der Waals surface area contributed by atoms with Gasteiger partial charge >= 0.3 is 0 Å². The molecule has 2 aromatic carbocycles. The van der Waals surface area contributed by atoms with Gasteiger partial charge < -0.3 is 14.8 Å². The van der Waals surface area contributed by atoms with Gasteiger partial charge in [0.05, 0.1) is 29.2 Å². The molecule has 0 atom stereocenters. The van der Waals surface area contributed by atoms with Crippen molar-refractivity contribution in [1.29, 1.82) is 0 Å². The van der Waals surface area contributed by atoms with Crippen LogP contribution in [0.1, 0.15) is 27.3 Å². The SMILES string of the molecule is COc1ccc(NC(=O)c2ccc(-n3nc(C)c(Cl)c3C)cc2)cc1OCc1cccnc1. The first-order chi connectivity index (χ1) is 16.0. The fourth-order valence-corrected chi connectivity index (χ4v) is 3.46. The Bertz CT molecular complexity index is 1270. The van der Waals surface area contributed by atoms with Crippen LogP contribution in [0.5, 0.6) is 11.5 Å². The van der Waals surface area contributed by atoms with E-state index in [1.807, 2.05) is 38.1 Å². The fourth-order valence-electron chi connectivity index (χ4n) is 3.34. The van der Waals surface area contributed by atoms with E-state index >= 15 is 0 Å². The zero-order valence-corrected chi connectivity index (χ0v) is 19.3. The minimum atomic E-state index is -0.240. The Labute approximate surface area is 196 Å². The molecule has 33 heavy (non-hydrogen) atoms. The molecule has 4 rings (SSSR count). The summed E-state index contributed by atoms with van der Waals surface area (Å²) in [5, 5.41) is 7.98. The molecule has 4 aromatic rings. The number of pyridine rings is 1. The number of ether oxygens (including phenoxy) is 2. The molecule has 0 aliphatic carbocycles. The molecule has 0 bridgehead atoms. The average molecular weight is 463 g/mol. The number of carbonyl (C=O) groups excluding carboxylic acids is 1. The zero-order valence-electron chi connectivity index (χ0n) is 18.5. The van der Waals surface area contributed by atoms with Crippen LogP contribution in [-0.2, 0) is 6.61 Å². The Morgan fingerprint density at radius 1 is 1.09 bits per heavy atom. The lowest BCUT2D eigenvalue weighted by atomic mass is 10.2. The summed E-state index contributed by atoms with van der Waals surface area (Å²) in [5.74, 6) is 0.858. The van der Waals surface area contributed by atoms with Crippen molar-refractivity contribution in [2.45, 2.75) is 20.5 Å². The summed E-state index contributed by atoms with van der Waals surface area (Å²) in [7, 11) is 1.57. The van der Waals surface area contributed by atoms with Crippen molar-refractivity contribution in [3.8, 4) is 17.2 Å². The minimum Gasteiger partial charge on any atom is -0.493 e. The van der Waals surface area contributed by atoms with Crippen molar-refractivity contribution < 1.29 is 14.3 Å². The van der Waals surface area contributed by atoms with E-state index in [-0.39, 0.29) is 5.91 Å². The van der Waals surface area contributed by atoms with E-state index in [9.17, 15) is 4.79 Å². The molecule has 0 saturated carbocycles. The molecule has 0 unspecified atom stereocenters. The number of carbonyl (C=O) groups is 1. The van der Waals surface area contributed by atoms with Gasteiger partial charge in [0.25, 0.3) is 5.91 Å². The number of benzene rings is 2. The normalized spacial score (nSPS) is 10.7. The smallest absolute Gasteiger partial charge is 0.255 e. The van der Waals surface area contributed by atoms with Gasteiger partial charge in [0.15, 0.2) is 11.5 Å². The molecule has 8 heteroatoms. The molecule has 168 valence electrons. The standard InChI is InChI=1S/C25H23ClN4O3/c1-16-24(26)17(2)30(29-16)21-9-6-19(7-10-21)25(31)28-20-8-11-22(32-3)23(13-20)33-15-18-5-4-12-27-14-18/h4-14H,15H2,1-3H3,(H,28,31). The van der Waals surface area contributed by atoms with Gasteiger partial charge in [0.1, 0.15) is 6.61 Å². The first-order valence-electron chi connectivity index (χ1n) is 10.3. The van der Waals surface area contributed by atoms with Gasteiger partial charge in [-0.2, -0.15) is 5.10 Å². The molecule has 0 radical (unpaired) electrons. The van der Waals surface area contributed by atoms with Crippen molar-refractivity contribution in [1.82, 2.24) is 14.8 Å². The largest absolute Gasteiger partial charge is 0.493 e. The molecule has 0 aliphatic rings. The summed E-state index contributed by atoms with van der Waals surface area (Å²) in [5.41, 5.74) is 4.48. The highest BCUT2D eigenvalue weighted by atomic mass is 35.5. The van der Waals surface area contributed by atoms with Crippen LogP contribution in [0.2, 0.25) is 5.02 Å². The number of anilines is 1. The van der Waals surface area contributed by atoms with Crippen LogP contribution in [-0.4, -0.2) is 27.8 Å². The second-order valence-electron chi connectivity index (χ2n) is 7.41. The Hall–Kier alpha value is -3.84. The summed E-state index contributed by atoms with van der Waals surface area (Å²) < 4.78 is 13.0. The molecule has 2 aromatic heterocycles. The topological polar surface area (TPSA) is 78.3 Å². The number of rotatable bonds is 7. The maximum Gasteiger partial charge on any atom is 0.255 e. The molecule has 0 aliphatic heterocycles. The number of nitrogens with one attached hydrogen (secondary N) is 1. The van der Waals surface area contributed by atoms with E-state index in [0.717, 1.165) is 22.6 Å². The van der Waals surface area contributed by atoms with Gasteiger partial charge in [0.2, 0.25) is 0 Å². The van der Waals surface area contributed by atoms with Crippen molar-refractivity contribution in [2.75, 3.05) is 12.4 Å². The lowest BCUT2D eigenvalue weighted by Crippen LogP contribution is -2.12. The third-order valence-electron chi connectivity index (χ3n) is 5.12. The lowest BCUT2D eigenvalue weighted by Gasteiger charge is -2.13. The van der Waals surface area contributed by atoms with Crippen molar-refractivity contribution in [3.05, 3.63) is 94.5 Å². The van der Waals surface area contributed by atoms with Crippen LogP contribution in [0.15, 0.2) is 67.0 Å². The molecule has 2 heterocycles. The highest BCUT2D eigenvalue weighted by Gasteiger charge is 2.13. The predicted molar refractivity (Wildman–Crippen MR) is 128 cm³/mol. The third kappa shape index (κ3) is 4.99. The maximum atomic E-state index is 12.8. The molecule has 1 N–H and O–H groups in total. The van der Waals surface area contributed by atoms with Gasteiger partial charge in [-0.05, 0) is 56.3 Å². The number of hydrogen-bond acceptors (Lipinski definition) is 5. The van der Waals surface area contributed by atoms with Gasteiger partial charge in [0, 0.05) is 35.3 Å². The number of nitrogens with zero attached hydrogens (tertiary/aromatic N) is 3. The van der Waals surface area contributed by atoms with Crippen molar-refractivity contribution in [3.63, 3.8) is 0 Å². The second kappa shape index (κ2) is 9.75. The Kier molecular flexibility index (Phi) is 6.60. The molecular weight excluding hydrogens is 440 g/mol. The maximum absolute atomic E-state index is 12.8. The van der Waals surface area contributed by atoms with Gasteiger partial charge in [-0.1, -0.05) is 17.7 Å². The Morgan fingerprint density at radius 2 is 1.88 bits per heavy atom. The summed E-state index contributed by atoms with van der Waals surface area (Å²) in [6.07, 6.45) is 3.45. The number of amides is 1. The quantitative estimate of drug-likeness (QED) is 0.399. The van der Waals surface area contributed by atoms with Crippen LogP contribution >= 0.6 is 11.6 Å². The van der Waals surface area contributed by atoms with E-state index in [0.29, 0.717) is 34.4 Å². The summed E-state index contributed by atoms with van der Waals surface area (Å²) in [6.45, 7) is 4.09. The van der Waals surface area contributed by atoms with Crippen LogP contribution in [0.4, 0.5) is 5.69 Å². The van der Waals surface area contributed by atoms with E-state index in [2.05, 4.69) is 15.4 Å². The van der Waals surface area contributed by atoms with Crippen LogP contribution < -0.4 is 14.8 Å². The van der Waals surface area contributed by atoms with E-state index in [4.69, 9.17) is 21.1 Å². The summed E-state index contributed by atoms with van der Waals surface area (Å²) >= 11 is 6.24. The first-order valence-corrected chi connectivity index (χ1v) is 10.7. The highest BCUT2D eigenvalue weighted by molar-refractivity contribution is 6.31. The van der Waals surface area contributed by atoms with E-state index in [1.165, 1.54) is 0 Å². The number of hydrogen-bond donors (Lipinski definition) is 1. The minimum absolute atomic E-state index is 0.240. The Morgan fingerprint density at radius 3 is 2.52 bits per heavy atom. The van der Waals surface area contributed by atoms with Gasteiger partial charge in [-0.15, -0.1) is 0 Å². The Balaban J connectivity index is 1.48. The second-order valence-corrected chi connectivity index (χ2v) is 7.79. The molecule has 7 nitrogen and oxygen atoms in total. The molecular formula is C25H23ClN4O3. The third-order valence-corrected chi connectivity index (χ3v) is 5.66. The molecule has 1 amide bonds. The zero-order chi connectivity index (χ0) is 23.4. The van der Waals surface area contributed by atoms with Crippen molar-refractivity contribution in [2.24, 2.45) is 0 Å². The molecule has 0 fully saturated rings. The van der Waals surface area contributed by atoms with Gasteiger partial charge in [-0.25, -0.2) is 4.68 Å².